The summed E-state index contributed by atoms with van der Waals surface area (Å²) in [7, 11) is 5.28. The van der Waals surface area contributed by atoms with E-state index in [1.165, 1.54) is 14.0 Å². The average Bonchev–Trinajstić information content (AvgIpc) is 2.15. The van der Waals surface area contributed by atoms with Crippen molar-refractivity contribution in [3.05, 3.63) is 0 Å². The summed E-state index contributed by atoms with van der Waals surface area (Å²) in [4.78, 5) is 13.2. The van der Waals surface area contributed by atoms with Crippen LogP contribution >= 0.6 is 0 Å². The van der Waals surface area contributed by atoms with Gasteiger partial charge in [0.15, 0.2) is 5.60 Å². The predicted octanol–water partition coefficient (Wildman–Crippen LogP) is -0.548. The minimum atomic E-state index is -1.44. The average molecular weight is 218 g/mol. The standard InChI is InChI=1S/C10H22N2O3/c1-10(14,9(13)15-4)8-11-6-5-7-12(2)3/h11,14H,5-8H2,1-4H3. The summed E-state index contributed by atoms with van der Waals surface area (Å²) < 4.78 is 4.47. The lowest BCUT2D eigenvalue weighted by Crippen LogP contribution is -2.46. The molecule has 0 rings (SSSR count). The second kappa shape index (κ2) is 6.76. The molecule has 0 aromatic carbocycles. The smallest absolute Gasteiger partial charge is 0.338 e. The summed E-state index contributed by atoms with van der Waals surface area (Å²) >= 11 is 0. The lowest BCUT2D eigenvalue weighted by Gasteiger charge is -2.20. The highest BCUT2D eigenvalue weighted by Crippen LogP contribution is 2.03. The van der Waals surface area contributed by atoms with Crippen molar-refractivity contribution < 1.29 is 14.6 Å². The first-order valence-corrected chi connectivity index (χ1v) is 5.06. The van der Waals surface area contributed by atoms with E-state index in [9.17, 15) is 9.90 Å². The SMILES string of the molecule is COC(=O)C(C)(O)CNCCCN(C)C. The van der Waals surface area contributed by atoms with Crippen LogP contribution in [0.3, 0.4) is 0 Å². The number of nitrogens with one attached hydrogen (secondary N) is 1. The van der Waals surface area contributed by atoms with E-state index in [-0.39, 0.29) is 6.54 Å². The van der Waals surface area contributed by atoms with E-state index < -0.39 is 11.6 Å². The zero-order valence-corrected chi connectivity index (χ0v) is 10.0. The zero-order chi connectivity index (χ0) is 11.9. The van der Waals surface area contributed by atoms with Gasteiger partial charge in [-0.3, -0.25) is 0 Å². The van der Waals surface area contributed by atoms with Crippen molar-refractivity contribution in [2.45, 2.75) is 18.9 Å². The molecule has 0 amide bonds. The maximum absolute atomic E-state index is 11.1. The molecular weight excluding hydrogens is 196 g/mol. The normalized spacial score (nSPS) is 15.1. The third-order valence-electron chi connectivity index (χ3n) is 2.05. The Labute approximate surface area is 91.4 Å². The van der Waals surface area contributed by atoms with Crippen molar-refractivity contribution in [2.24, 2.45) is 0 Å². The Balaban J connectivity index is 3.62. The second-order valence-electron chi connectivity index (χ2n) is 4.10. The van der Waals surface area contributed by atoms with E-state index in [4.69, 9.17) is 0 Å². The molecule has 5 nitrogen and oxygen atoms in total. The van der Waals surface area contributed by atoms with Crippen LogP contribution in [0, 0.1) is 0 Å². The predicted molar refractivity (Wildman–Crippen MR) is 58.7 cm³/mol. The lowest BCUT2D eigenvalue weighted by atomic mass is 10.1. The van der Waals surface area contributed by atoms with Gasteiger partial charge in [0, 0.05) is 6.54 Å². The van der Waals surface area contributed by atoms with E-state index in [1.807, 2.05) is 14.1 Å². The van der Waals surface area contributed by atoms with Gasteiger partial charge in [0.05, 0.1) is 7.11 Å². The van der Waals surface area contributed by atoms with Crippen molar-refractivity contribution in [1.82, 2.24) is 10.2 Å². The minimum Gasteiger partial charge on any atom is -0.467 e. The molecule has 0 aliphatic carbocycles. The molecular formula is C10H22N2O3. The van der Waals surface area contributed by atoms with Gasteiger partial charge in [-0.25, -0.2) is 4.79 Å². The van der Waals surface area contributed by atoms with E-state index >= 15 is 0 Å². The highest BCUT2D eigenvalue weighted by molar-refractivity contribution is 5.78. The molecule has 0 bridgehead atoms. The molecule has 0 saturated carbocycles. The molecule has 0 heterocycles. The monoisotopic (exact) mass is 218 g/mol. The quantitative estimate of drug-likeness (QED) is 0.443. The number of hydrogen-bond acceptors (Lipinski definition) is 5. The highest BCUT2D eigenvalue weighted by Gasteiger charge is 2.30. The Morgan fingerprint density at radius 1 is 1.53 bits per heavy atom. The number of rotatable bonds is 7. The summed E-state index contributed by atoms with van der Waals surface area (Å²) in [5.74, 6) is -0.609. The number of carbonyl (C=O) groups is 1. The van der Waals surface area contributed by atoms with Crippen molar-refractivity contribution in [2.75, 3.05) is 40.8 Å². The first-order chi connectivity index (χ1) is 6.90. The first-order valence-electron chi connectivity index (χ1n) is 5.06. The van der Waals surface area contributed by atoms with Gasteiger partial charge >= 0.3 is 5.97 Å². The fourth-order valence-electron chi connectivity index (χ4n) is 1.14. The molecule has 0 aromatic heterocycles. The molecule has 5 heteroatoms. The van der Waals surface area contributed by atoms with Gasteiger partial charge in [0.25, 0.3) is 0 Å². The van der Waals surface area contributed by atoms with Crippen molar-refractivity contribution in [3.8, 4) is 0 Å². The van der Waals surface area contributed by atoms with Crippen molar-refractivity contribution >= 4 is 5.97 Å². The lowest BCUT2D eigenvalue weighted by molar-refractivity contribution is -0.159. The Morgan fingerprint density at radius 2 is 2.13 bits per heavy atom. The van der Waals surface area contributed by atoms with Crippen LogP contribution < -0.4 is 5.32 Å². The van der Waals surface area contributed by atoms with Crippen molar-refractivity contribution in [1.29, 1.82) is 0 Å². The Bertz CT molecular complexity index is 193. The summed E-state index contributed by atoms with van der Waals surface area (Å²) in [5.41, 5.74) is -1.44. The van der Waals surface area contributed by atoms with Crippen LogP contribution in [-0.4, -0.2) is 62.4 Å². The zero-order valence-electron chi connectivity index (χ0n) is 10.0. The third kappa shape index (κ3) is 6.43. The van der Waals surface area contributed by atoms with E-state index in [0.717, 1.165) is 19.5 Å². The molecule has 0 saturated heterocycles. The number of ether oxygens (including phenoxy) is 1. The van der Waals surface area contributed by atoms with Crippen LogP contribution in [0.2, 0.25) is 0 Å². The topological polar surface area (TPSA) is 61.8 Å². The molecule has 0 aliphatic rings. The van der Waals surface area contributed by atoms with Crippen molar-refractivity contribution in [3.63, 3.8) is 0 Å². The van der Waals surface area contributed by atoms with E-state index in [1.54, 1.807) is 0 Å². The van der Waals surface area contributed by atoms with Gasteiger partial charge in [-0.15, -0.1) is 0 Å². The fourth-order valence-corrected chi connectivity index (χ4v) is 1.14. The number of esters is 1. The molecule has 0 aromatic rings. The summed E-state index contributed by atoms with van der Waals surface area (Å²) in [5, 5.41) is 12.7. The molecule has 0 radical (unpaired) electrons. The molecule has 2 N–H and O–H groups in total. The third-order valence-corrected chi connectivity index (χ3v) is 2.05. The maximum atomic E-state index is 11.1. The van der Waals surface area contributed by atoms with E-state index in [2.05, 4.69) is 15.0 Å². The second-order valence-corrected chi connectivity index (χ2v) is 4.10. The van der Waals surface area contributed by atoms with Crippen LogP contribution in [0.5, 0.6) is 0 Å². The van der Waals surface area contributed by atoms with Gasteiger partial charge in [0.1, 0.15) is 0 Å². The number of hydrogen-bond donors (Lipinski definition) is 2. The van der Waals surface area contributed by atoms with Crippen LogP contribution in [0.1, 0.15) is 13.3 Å². The number of carbonyl (C=O) groups excluding carboxylic acids is 1. The van der Waals surface area contributed by atoms with Gasteiger partial charge in [-0.1, -0.05) is 0 Å². The fraction of sp³-hybridized carbons (Fsp3) is 0.900. The Morgan fingerprint density at radius 3 is 2.60 bits per heavy atom. The number of nitrogens with zero attached hydrogens (tertiary/aromatic N) is 1. The summed E-state index contributed by atoms with van der Waals surface area (Å²) in [6.07, 6.45) is 0.976. The van der Waals surface area contributed by atoms with Gasteiger partial charge in [-0.2, -0.15) is 0 Å². The molecule has 15 heavy (non-hydrogen) atoms. The number of methoxy groups -OCH3 is 1. The van der Waals surface area contributed by atoms with Crippen LogP contribution in [0.4, 0.5) is 0 Å². The van der Waals surface area contributed by atoms with E-state index in [0.29, 0.717) is 0 Å². The summed E-state index contributed by atoms with van der Waals surface area (Å²) in [6, 6.07) is 0. The molecule has 0 spiro atoms. The molecule has 0 aliphatic heterocycles. The first kappa shape index (κ1) is 14.3. The molecule has 90 valence electrons. The van der Waals surface area contributed by atoms with Crippen LogP contribution in [-0.2, 0) is 9.53 Å². The van der Waals surface area contributed by atoms with Gasteiger partial charge in [-0.05, 0) is 40.5 Å². The number of aliphatic hydroxyl groups is 1. The molecule has 0 fully saturated rings. The van der Waals surface area contributed by atoms with Crippen LogP contribution in [0.15, 0.2) is 0 Å². The van der Waals surface area contributed by atoms with Gasteiger partial charge < -0.3 is 20.1 Å². The Hall–Kier alpha value is -0.650. The molecule has 1 unspecified atom stereocenters. The highest BCUT2D eigenvalue weighted by atomic mass is 16.5. The molecule has 1 atom stereocenters. The van der Waals surface area contributed by atoms with Gasteiger partial charge in [0.2, 0.25) is 0 Å². The summed E-state index contributed by atoms with van der Waals surface area (Å²) in [6.45, 7) is 3.41. The Kier molecular flexibility index (Phi) is 6.47. The van der Waals surface area contributed by atoms with Crippen LogP contribution in [0.25, 0.3) is 0 Å². The minimum absolute atomic E-state index is 0.215. The maximum Gasteiger partial charge on any atom is 0.338 e. The largest absolute Gasteiger partial charge is 0.467 e.